The lowest BCUT2D eigenvalue weighted by molar-refractivity contribution is -0.126. The van der Waals surface area contributed by atoms with Crippen molar-refractivity contribution in [3.63, 3.8) is 0 Å². The molecule has 0 aromatic rings. The summed E-state index contributed by atoms with van der Waals surface area (Å²) in [5, 5.41) is 2.95. The summed E-state index contributed by atoms with van der Waals surface area (Å²) in [7, 11) is 0. The number of carbonyl (C=O) groups is 1. The smallest absolute Gasteiger partial charge is 0.246 e. The highest BCUT2D eigenvalue weighted by molar-refractivity contribution is 5.77. The van der Waals surface area contributed by atoms with Crippen LogP contribution in [0.5, 0.6) is 0 Å². The minimum absolute atomic E-state index is 0.00915. The highest BCUT2D eigenvalue weighted by Crippen LogP contribution is 2.27. The second-order valence-electron chi connectivity index (χ2n) is 5.18. The summed E-state index contributed by atoms with van der Waals surface area (Å²) >= 11 is 0. The maximum Gasteiger partial charge on any atom is 0.246 e. The van der Waals surface area contributed by atoms with Crippen LogP contribution in [0.1, 0.15) is 39.5 Å². The minimum Gasteiger partial charge on any atom is -0.379 e. The van der Waals surface area contributed by atoms with Crippen molar-refractivity contribution in [2.24, 2.45) is 11.8 Å². The fraction of sp³-hybridized carbons (Fsp3) is 0.929. The van der Waals surface area contributed by atoms with Crippen LogP contribution in [0.15, 0.2) is 0 Å². The van der Waals surface area contributed by atoms with Crippen LogP contribution in [-0.4, -0.2) is 38.9 Å². The molecule has 1 fully saturated rings. The summed E-state index contributed by atoms with van der Waals surface area (Å²) in [4.78, 5) is 11.5. The van der Waals surface area contributed by atoms with Crippen LogP contribution in [0.4, 0.5) is 0 Å². The Labute approximate surface area is 110 Å². The Morgan fingerprint density at radius 3 is 2.50 bits per heavy atom. The monoisotopic (exact) mass is 257 g/mol. The highest BCUT2D eigenvalue weighted by Gasteiger charge is 2.18. The van der Waals surface area contributed by atoms with Crippen LogP contribution < -0.4 is 5.32 Å². The van der Waals surface area contributed by atoms with Gasteiger partial charge in [0.2, 0.25) is 5.91 Å². The molecular formula is C14H27NO3. The van der Waals surface area contributed by atoms with E-state index < -0.39 is 0 Å². The zero-order valence-corrected chi connectivity index (χ0v) is 11.7. The van der Waals surface area contributed by atoms with Crippen LogP contribution >= 0.6 is 0 Å². The molecule has 0 bridgehead atoms. The SMILES string of the molecule is CCOCCOCC(=O)NCC1CCC(C)CC1. The lowest BCUT2D eigenvalue weighted by atomic mass is 9.83. The van der Waals surface area contributed by atoms with Gasteiger partial charge >= 0.3 is 0 Å². The minimum atomic E-state index is -0.00915. The predicted molar refractivity (Wildman–Crippen MR) is 71.4 cm³/mol. The Balaban J connectivity index is 1.96. The van der Waals surface area contributed by atoms with Crippen molar-refractivity contribution in [1.29, 1.82) is 0 Å². The van der Waals surface area contributed by atoms with E-state index in [9.17, 15) is 4.79 Å². The Kier molecular flexibility index (Phi) is 8.01. The maximum atomic E-state index is 11.5. The van der Waals surface area contributed by atoms with E-state index in [1.807, 2.05) is 6.92 Å². The van der Waals surface area contributed by atoms with Crippen LogP contribution in [0.3, 0.4) is 0 Å². The third-order valence-corrected chi connectivity index (χ3v) is 3.53. The summed E-state index contributed by atoms with van der Waals surface area (Å²) in [6, 6.07) is 0. The van der Waals surface area contributed by atoms with E-state index in [-0.39, 0.29) is 12.5 Å². The van der Waals surface area contributed by atoms with E-state index in [0.717, 1.165) is 12.5 Å². The van der Waals surface area contributed by atoms with Gasteiger partial charge in [-0.1, -0.05) is 19.8 Å². The van der Waals surface area contributed by atoms with Gasteiger partial charge in [-0.3, -0.25) is 4.79 Å². The Hall–Kier alpha value is -0.610. The van der Waals surface area contributed by atoms with E-state index in [1.165, 1.54) is 25.7 Å². The van der Waals surface area contributed by atoms with Gasteiger partial charge in [0.1, 0.15) is 6.61 Å². The normalized spacial score (nSPS) is 23.9. The highest BCUT2D eigenvalue weighted by atomic mass is 16.5. The summed E-state index contributed by atoms with van der Waals surface area (Å²) in [5.74, 6) is 1.51. The number of nitrogens with one attached hydrogen (secondary N) is 1. The fourth-order valence-corrected chi connectivity index (χ4v) is 2.27. The molecular weight excluding hydrogens is 230 g/mol. The topological polar surface area (TPSA) is 47.6 Å². The molecule has 0 radical (unpaired) electrons. The Morgan fingerprint density at radius 2 is 1.83 bits per heavy atom. The lowest BCUT2D eigenvalue weighted by Crippen LogP contribution is -2.33. The molecule has 0 aliphatic heterocycles. The molecule has 1 amide bonds. The molecule has 0 heterocycles. The molecule has 1 N–H and O–H groups in total. The van der Waals surface area contributed by atoms with E-state index in [0.29, 0.717) is 25.7 Å². The van der Waals surface area contributed by atoms with Crippen molar-refractivity contribution in [2.75, 3.05) is 33.0 Å². The molecule has 0 saturated heterocycles. The first-order valence-corrected chi connectivity index (χ1v) is 7.14. The molecule has 0 aromatic carbocycles. The van der Waals surface area contributed by atoms with E-state index >= 15 is 0 Å². The number of hydrogen-bond donors (Lipinski definition) is 1. The van der Waals surface area contributed by atoms with Gasteiger partial charge in [-0.2, -0.15) is 0 Å². The van der Waals surface area contributed by atoms with Gasteiger partial charge in [-0.25, -0.2) is 0 Å². The van der Waals surface area contributed by atoms with Crippen LogP contribution in [0, 0.1) is 11.8 Å². The number of rotatable bonds is 8. The largest absolute Gasteiger partial charge is 0.379 e. The van der Waals surface area contributed by atoms with Crippen molar-refractivity contribution in [2.45, 2.75) is 39.5 Å². The van der Waals surface area contributed by atoms with Gasteiger partial charge < -0.3 is 14.8 Å². The van der Waals surface area contributed by atoms with Crippen molar-refractivity contribution >= 4 is 5.91 Å². The van der Waals surface area contributed by atoms with Crippen LogP contribution in [0.25, 0.3) is 0 Å². The molecule has 1 aliphatic carbocycles. The molecule has 1 rings (SSSR count). The van der Waals surface area contributed by atoms with Gasteiger partial charge in [-0.15, -0.1) is 0 Å². The summed E-state index contributed by atoms with van der Waals surface area (Å²) in [6.45, 7) is 6.94. The first-order valence-electron chi connectivity index (χ1n) is 7.14. The number of ether oxygens (including phenoxy) is 2. The molecule has 106 valence electrons. The summed E-state index contributed by atoms with van der Waals surface area (Å²) < 4.78 is 10.3. The maximum absolute atomic E-state index is 11.5. The molecule has 0 atom stereocenters. The third-order valence-electron chi connectivity index (χ3n) is 3.53. The molecule has 4 heteroatoms. The van der Waals surface area contributed by atoms with E-state index in [1.54, 1.807) is 0 Å². The number of amides is 1. The van der Waals surface area contributed by atoms with Gasteiger partial charge in [-0.05, 0) is 31.6 Å². The zero-order valence-electron chi connectivity index (χ0n) is 11.7. The Morgan fingerprint density at radius 1 is 1.17 bits per heavy atom. The van der Waals surface area contributed by atoms with E-state index in [2.05, 4.69) is 12.2 Å². The lowest BCUT2D eigenvalue weighted by Gasteiger charge is -2.26. The summed E-state index contributed by atoms with van der Waals surface area (Å²) in [6.07, 6.45) is 5.08. The van der Waals surface area contributed by atoms with Crippen LogP contribution in [0.2, 0.25) is 0 Å². The van der Waals surface area contributed by atoms with Crippen molar-refractivity contribution < 1.29 is 14.3 Å². The Bertz CT molecular complexity index is 225. The van der Waals surface area contributed by atoms with Crippen molar-refractivity contribution in [3.8, 4) is 0 Å². The molecule has 0 unspecified atom stereocenters. The van der Waals surface area contributed by atoms with Gasteiger partial charge in [0, 0.05) is 13.2 Å². The second-order valence-corrected chi connectivity index (χ2v) is 5.18. The molecule has 18 heavy (non-hydrogen) atoms. The van der Waals surface area contributed by atoms with E-state index in [4.69, 9.17) is 9.47 Å². The molecule has 0 spiro atoms. The molecule has 1 aliphatic rings. The quantitative estimate of drug-likeness (QED) is 0.676. The summed E-state index contributed by atoms with van der Waals surface area (Å²) in [5.41, 5.74) is 0. The van der Waals surface area contributed by atoms with Crippen molar-refractivity contribution in [1.82, 2.24) is 5.32 Å². The van der Waals surface area contributed by atoms with Gasteiger partial charge in [0.25, 0.3) is 0 Å². The van der Waals surface area contributed by atoms with Crippen molar-refractivity contribution in [3.05, 3.63) is 0 Å². The molecule has 0 aromatic heterocycles. The first-order chi connectivity index (χ1) is 8.72. The van der Waals surface area contributed by atoms with Gasteiger partial charge in [0.15, 0.2) is 0 Å². The predicted octanol–water partition coefficient (Wildman–Crippen LogP) is 1.98. The average Bonchev–Trinajstić information content (AvgIpc) is 2.38. The zero-order chi connectivity index (χ0) is 13.2. The number of carbonyl (C=O) groups excluding carboxylic acids is 1. The fourth-order valence-electron chi connectivity index (χ4n) is 2.27. The average molecular weight is 257 g/mol. The molecule has 4 nitrogen and oxygen atoms in total. The molecule has 1 saturated carbocycles. The van der Waals surface area contributed by atoms with Gasteiger partial charge in [0.05, 0.1) is 13.2 Å². The van der Waals surface area contributed by atoms with Crippen LogP contribution in [-0.2, 0) is 14.3 Å². The standard InChI is InChI=1S/C14H27NO3/c1-3-17-8-9-18-11-14(16)15-10-13-6-4-12(2)5-7-13/h12-13H,3-11H2,1-2H3,(H,15,16). The second kappa shape index (κ2) is 9.34. The first kappa shape index (κ1) is 15.4. The third kappa shape index (κ3) is 6.97. The number of hydrogen-bond acceptors (Lipinski definition) is 3.